The lowest BCUT2D eigenvalue weighted by molar-refractivity contribution is -0.0504. The van der Waals surface area contributed by atoms with E-state index in [9.17, 15) is 10.2 Å². The van der Waals surface area contributed by atoms with E-state index < -0.39 is 30.7 Å². The number of anilines is 2. The number of nitrogens with zero attached hydrogens (tertiary/aromatic N) is 4. The molecule has 0 saturated carbocycles. The Labute approximate surface area is 130 Å². The molecule has 0 aliphatic carbocycles. The highest BCUT2D eigenvalue weighted by molar-refractivity contribution is 5.84. The number of fused-ring (bicyclic) bond motifs is 1. The van der Waals surface area contributed by atoms with Crippen molar-refractivity contribution in [3.63, 3.8) is 0 Å². The quantitative estimate of drug-likeness (QED) is 0.532. The third kappa shape index (κ3) is 2.09. The van der Waals surface area contributed by atoms with Crippen LogP contribution in [0, 0.1) is 12.3 Å². The van der Waals surface area contributed by atoms with Crippen LogP contribution >= 0.6 is 0 Å². The number of terminal acetylenes is 1. The number of rotatable bonds is 3. The summed E-state index contributed by atoms with van der Waals surface area (Å²) in [5, 5.41) is 22.0. The maximum Gasteiger partial charge on any atom is 0.243 e. The predicted octanol–water partition coefficient (Wildman–Crippen LogP) is -0.958. The molecule has 0 spiro atoms. The van der Waals surface area contributed by atoms with Gasteiger partial charge in [0.2, 0.25) is 11.6 Å². The number of hydrogen-bond acceptors (Lipinski definition) is 8. The van der Waals surface area contributed by atoms with Crippen LogP contribution in [-0.2, 0) is 4.74 Å². The first kappa shape index (κ1) is 15.4. The molecule has 3 rings (SSSR count). The average Bonchev–Trinajstić information content (AvgIpc) is 3.07. The van der Waals surface area contributed by atoms with E-state index in [1.807, 2.05) is 5.92 Å². The highest BCUT2D eigenvalue weighted by Crippen LogP contribution is 2.42. The molecular weight excluding hydrogens is 307 g/mol. The Morgan fingerprint density at radius 1 is 1.61 bits per heavy atom. The fourth-order valence-electron chi connectivity index (χ4n) is 2.60. The van der Waals surface area contributed by atoms with Crippen LogP contribution in [0.2, 0.25) is 0 Å². The number of hydrogen-bond donors (Lipinski definition) is 4. The van der Waals surface area contributed by atoms with Gasteiger partial charge in [0.05, 0.1) is 12.9 Å². The Balaban J connectivity index is 2.17. The zero-order valence-electron chi connectivity index (χ0n) is 12.1. The summed E-state index contributed by atoms with van der Waals surface area (Å²) < 4.78 is 21.7. The number of nitrogen functional groups attached to an aromatic ring is 1. The number of nitrogens with two attached hydrogens (primary N) is 1. The third-order valence-electron chi connectivity index (χ3n) is 3.78. The molecule has 3 heterocycles. The molecule has 9 nitrogen and oxygen atoms in total. The van der Waals surface area contributed by atoms with Crippen LogP contribution in [0.4, 0.5) is 16.2 Å². The van der Waals surface area contributed by atoms with E-state index in [1.54, 1.807) is 7.05 Å². The number of aromatic nitrogens is 4. The van der Waals surface area contributed by atoms with E-state index >= 15 is 4.39 Å². The molecule has 1 aliphatic heterocycles. The second-order valence-corrected chi connectivity index (χ2v) is 5.07. The number of halogens is 1. The topological polar surface area (TPSA) is 131 Å². The number of aliphatic hydroxyl groups excluding tert-OH is 2. The smallest absolute Gasteiger partial charge is 0.243 e. The summed E-state index contributed by atoms with van der Waals surface area (Å²) in [7, 11) is 1.62. The van der Waals surface area contributed by atoms with Crippen LogP contribution in [0.3, 0.4) is 0 Å². The molecule has 1 fully saturated rings. The van der Waals surface area contributed by atoms with Gasteiger partial charge in [0.15, 0.2) is 23.2 Å². The van der Waals surface area contributed by atoms with Gasteiger partial charge in [-0.15, -0.1) is 6.42 Å². The molecule has 0 bridgehead atoms. The SMILES string of the molecule is C#C[C@@]1(F)[C@H](O)[C@@H](CO)O[C@H]1n1cnc2c(NC)nc(N)nc21. The summed E-state index contributed by atoms with van der Waals surface area (Å²) in [5.74, 6) is 2.21. The molecule has 0 unspecified atom stereocenters. The highest BCUT2D eigenvalue weighted by atomic mass is 19.1. The van der Waals surface area contributed by atoms with Crippen molar-refractivity contribution in [1.82, 2.24) is 19.5 Å². The van der Waals surface area contributed by atoms with Crippen LogP contribution in [0.5, 0.6) is 0 Å². The van der Waals surface area contributed by atoms with Crippen LogP contribution in [0.15, 0.2) is 6.33 Å². The van der Waals surface area contributed by atoms with Crippen molar-refractivity contribution >= 4 is 22.9 Å². The Morgan fingerprint density at radius 3 is 2.96 bits per heavy atom. The molecule has 2 aromatic heterocycles. The van der Waals surface area contributed by atoms with E-state index in [1.165, 1.54) is 10.9 Å². The van der Waals surface area contributed by atoms with Crippen LogP contribution in [-0.4, -0.2) is 61.3 Å². The molecule has 1 saturated heterocycles. The van der Waals surface area contributed by atoms with E-state index in [0.717, 1.165) is 0 Å². The maximum atomic E-state index is 15.0. The standard InChI is InChI=1S/C13H15FN6O3/c1-3-13(14)8(22)6(4-21)23-11(13)20-5-17-7-9(16-2)18-12(15)19-10(7)20/h1,5-6,8,11,21-22H,4H2,2H3,(H3,15,16,18,19)/t6-,8-,11-,13-/m1/s1. The van der Waals surface area contributed by atoms with E-state index in [-0.39, 0.29) is 11.6 Å². The summed E-state index contributed by atoms with van der Waals surface area (Å²) in [6.07, 6.45) is 2.25. The lowest BCUT2D eigenvalue weighted by Crippen LogP contribution is -2.42. The average molecular weight is 322 g/mol. The summed E-state index contributed by atoms with van der Waals surface area (Å²) in [6, 6.07) is 0. The fraction of sp³-hybridized carbons (Fsp3) is 0.462. The second-order valence-electron chi connectivity index (χ2n) is 5.07. The molecule has 2 aromatic rings. The molecule has 0 radical (unpaired) electrons. The lowest BCUT2D eigenvalue weighted by Gasteiger charge is -2.23. The molecule has 5 N–H and O–H groups in total. The number of ether oxygens (including phenoxy) is 1. The lowest BCUT2D eigenvalue weighted by atomic mass is 9.97. The van der Waals surface area contributed by atoms with Crippen LogP contribution < -0.4 is 11.1 Å². The van der Waals surface area contributed by atoms with Gasteiger partial charge in [-0.3, -0.25) is 4.57 Å². The predicted molar refractivity (Wildman–Crippen MR) is 79.0 cm³/mol. The highest BCUT2D eigenvalue weighted by Gasteiger charge is 2.57. The molecule has 23 heavy (non-hydrogen) atoms. The monoisotopic (exact) mass is 322 g/mol. The molecule has 10 heteroatoms. The van der Waals surface area contributed by atoms with Crippen molar-refractivity contribution in [2.24, 2.45) is 0 Å². The Bertz CT molecular complexity index is 790. The Morgan fingerprint density at radius 2 is 2.35 bits per heavy atom. The first-order valence-corrected chi connectivity index (χ1v) is 6.75. The number of imidazole rings is 1. The molecule has 122 valence electrons. The largest absolute Gasteiger partial charge is 0.394 e. The van der Waals surface area contributed by atoms with Crippen molar-refractivity contribution in [3.05, 3.63) is 6.33 Å². The minimum absolute atomic E-state index is 0.0500. The van der Waals surface area contributed by atoms with Crippen molar-refractivity contribution in [1.29, 1.82) is 0 Å². The van der Waals surface area contributed by atoms with Crippen molar-refractivity contribution < 1.29 is 19.3 Å². The minimum Gasteiger partial charge on any atom is -0.394 e. The summed E-state index contributed by atoms with van der Waals surface area (Å²) in [4.78, 5) is 12.1. The van der Waals surface area contributed by atoms with Gasteiger partial charge in [-0.2, -0.15) is 9.97 Å². The van der Waals surface area contributed by atoms with Crippen LogP contribution in [0.1, 0.15) is 6.23 Å². The third-order valence-corrected chi connectivity index (χ3v) is 3.78. The zero-order chi connectivity index (χ0) is 16.8. The molecule has 0 amide bonds. The van der Waals surface area contributed by atoms with Gasteiger partial charge in [0, 0.05) is 7.05 Å². The Kier molecular flexibility index (Phi) is 3.56. The van der Waals surface area contributed by atoms with Crippen LogP contribution in [0.25, 0.3) is 11.2 Å². The zero-order valence-corrected chi connectivity index (χ0v) is 12.1. The van der Waals surface area contributed by atoms with Crippen molar-refractivity contribution in [2.75, 3.05) is 24.7 Å². The minimum atomic E-state index is -2.56. The fourth-order valence-corrected chi connectivity index (χ4v) is 2.60. The van der Waals surface area contributed by atoms with Gasteiger partial charge >= 0.3 is 0 Å². The van der Waals surface area contributed by atoms with Crippen molar-refractivity contribution in [3.8, 4) is 12.3 Å². The van der Waals surface area contributed by atoms with Gasteiger partial charge < -0.3 is 26.0 Å². The Hall–Kier alpha value is -2.48. The van der Waals surface area contributed by atoms with E-state index in [2.05, 4.69) is 20.3 Å². The summed E-state index contributed by atoms with van der Waals surface area (Å²) >= 11 is 0. The second kappa shape index (κ2) is 5.31. The first-order valence-electron chi connectivity index (χ1n) is 6.75. The number of nitrogens with one attached hydrogen (secondary N) is 1. The number of aliphatic hydroxyl groups is 2. The van der Waals surface area contributed by atoms with Gasteiger partial charge in [-0.25, -0.2) is 9.37 Å². The number of alkyl halides is 1. The van der Waals surface area contributed by atoms with Gasteiger partial charge in [0.1, 0.15) is 12.2 Å². The normalized spacial score (nSPS) is 30.5. The van der Waals surface area contributed by atoms with Gasteiger partial charge in [0.25, 0.3) is 0 Å². The first-order chi connectivity index (χ1) is 11.0. The van der Waals surface area contributed by atoms with Gasteiger partial charge in [-0.05, 0) is 0 Å². The summed E-state index contributed by atoms with van der Waals surface area (Å²) in [5.41, 5.74) is 3.61. The molecule has 4 atom stereocenters. The molecule has 1 aliphatic rings. The van der Waals surface area contributed by atoms with Crippen molar-refractivity contribution in [2.45, 2.75) is 24.1 Å². The van der Waals surface area contributed by atoms with Gasteiger partial charge in [-0.1, -0.05) is 5.92 Å². The molecular formula is C13H15FN6O3. The summed E-state index contributed by atoms with van der Waals surface area (Å²) in [6.45, 7) is -0.587. The molecule has 0 aromatic carbocycles. The maximum absolute atomic E-state index is 15.0. The van der Waals surface area contributed by atoms with E-state index in [0.29, 0.717) is 11.3 Å². The van der Waals surface area contributed by atoms with E-state index in [4.69, 9.17) is 16.9 Å².